The van der Waals surface area contributed by atoms with Crippen LogP contribution in [-0.2, 0) is 6.18 Å². The fourth-order valence-corrected chi connectivity index (χ4v) is 2.92. The first-order valence-electron chi connectivity index (χ1n) is 8.67. The Balaban J connectivity index is 1.76. The lowest BCUT2D eigenvalue weighted by atomic mass is 10.0. The summed E-state index contributed by atoms with van der Waals surface area (Å²) in [6, 6.07) is 13.6. The van der Waals surface area contributed by atoms with Crippen LogP contribution in [-0.4, -0.2) is 5.91 Å². The number of rotatable bonds is 4. The third-order valence-corrected chi connectivity index (χ3v) is 4.19. The highest BCUT2D eigenvalue weighted by Gasteiger charge is 2.34. The zero-order chi connectivity index (χ0) is 21.2. The maximum atomic E-state index is 14.1. The number of anilines is 1. The summed E-state index contributed by atoms with van der Waals surface area (Å²) in [5.41, 5.74) is 0.615. The lowest BCUT2D eigenvalue weighted by Gasteiger charge is -2.14. The van der Waals surface area contributed by atoms with E-state index in [1.165, 1.54) is 48.5 Å². The van der Waals surface area contributed by atoms with E-state index < -0.39 is 23.5 Å². The van der Waals surface area contributed by atoms with Crippen molar-refractivity contribution in [2.75, 3.05) is 5.32 Å². The van der Waals surface area contributed by atoms with Crippen LogP contribution in [0.4, 0.5) is 23.2 Å². The van der Waals surface area contributed by atoms with Crippen molar-refractivity contribution in [1.82, 2.24) is 0 Å². The molecule has 0 radical (unpaired) electrons. The van der Waals surface area contributed by atoms with E-state index in [1.54, 1.807) is 19.9 Å². The number of nitrogens with one attached hydrogen (secondary N) is 1. The second kappa shape index (κ2) is 7.95. The fraction of sp³-hybridized carbons (Fsp3) is 0.136. The van der Waals surface area contributed by atoms with Crippen molar-refractivity contribution in [3.05, 3.63) is 88.7 Å². The molecule has 3 rings (SSSR count). The Kier molecular flexibility index (Phi) is 5.59. The van der Waals surface area contributed by atoms with Gasteiger partial charge in [0.2, 0.25) is 0 Å². The van der Waals surface area contributed by atoms with E-state index in [-0.39, 0.29) is 17.1 Å². The van der Waals surface area contributed by atoms with Gasteiger partial charge >= 0.3 is 6.18 Å². The van der Waals surface area contributed by atoms with E-state index in [0.29, 0.717) is 16.8 Å². The van der Waals surface area contributed by atoms with Gasteiger partial charge in [-0.15, -0.1) is 0 Å². The number of hydrogen-bond acceptors (Lipinski definition) is 2. The van der Waals surface area contributed by atoms with Crippen LogP contribution in [0.1, 0.15) is 27.0 Å². The van der Waals surface area contributed by atoms with Crippen LogP contribution in [0.5, 0.6) is 11.5 Å². The lowest BCUT2D eigenvalue weighted by Crippen LogP contribution is -2.15. The Morgan fingerprint density at radius 1 is 0.966 bits per heavy atom. The van der Waals surface area contributed by atoms with Gasteiger partial charge in [0.05, 0.1) is 11.1 Å². The van der Waals surface area contributed by atoms with Crippen LogP contribution >= 0.6 is 0 Å². The molecular formula is C22H17F4NO2. The Hall–Kier alpha value is -3.35. The molecule has 0 saturated carbocycles. The van der Waals surface area contributed by atoms with Gasteiger partial charge in [-0.05, 0) is 67.4 Å². The maximum Gasteiger partial charge on any atom is 0.419 e. The van der Waals surface area contributed by atoms with Crippen LogP contribution in [0.2, 0.25) is 0 Å². The molecule has 150 valence electrons. The van der Waals surface area contributed by atoms with Gasteiger partial charge in [-0.2, -0.15) is 13.2 Å². The third kappa shape index (κ3) is 4.74. The Bertz CT molecular complexity index is 1020. The van der Waals surface area contributed by atoms with Crippen LogP contribution < -0.4 is 10.1 Å². The Morgan fingerprint density at radius 3 is 2.24 bits per heavy atom. The zero-order valence-electron chi connectivity index (χ0n) is 15.6. The minimum Gasteiger partial charge on any atom is -0.457 e. The van der Waals surface area contributed by atoms with Crippen LogP contribution in [0, 0.1) is 19.7 Å². The highest BCUT2D eigenvalue weighted by atomic mass is 19.4. The zero-order valence-corrected chi connectivity index (χ0v) is 15.6. The van der Waals surface area contributed by atoms with Gasteiger partial charge in [0.25, 0.3) is 5.91 Å². The molecule has 29 heavy (non-hydrogen) atoms. The number of halogens is 4. The maximum absolute atomic E-state index is 14.1. The molecule has 0 unspecified atom stereocenters. The predicted octanol–water partition coefficient (Wildman–Crippen LogP) is 6.51. The lowest BCUT2D eigenvalue weighted by molar-refractivity contribution is -0.138. The molecule has 0 fully saturated rings. The van der Waals surface area contributed by atoms with Crippen molar-refractivity contribution in [2.24, 2.45) is 0 Å². The number of ether oxygens (including phenoxy) is 1. The van der Waals surface area contributed by atoms with Crippen LogP contribution in [0.3, 0.4) is 0 Å². The molecule has 7 heteroatoms. The molecule has 0 aliphatic rings. The number of amides is 1. The molecule has 3 nitrogen and oxygen atoms in total. The molecule has 1 N–H and O–H groups in total. The Morgan fingerprint density at radius 2 is 1.62 bits per heavy atom. The molecule has 0 spiro atoms. The van der Waals surface area contributed by atoms with Crippen molar-refractivity contribution in [3.8, 4) is 11.5 Å². The summed E-state index contributed by atoms with van der Waals surface area (Å²) in [7, 11) is 0. The van der Waals surface area contributed by atoms with Crippen molar-refractivity contribution in [1.29, 1.82) is 0 Å². The summed E-state index contributed by atoms with van der Waals surface area (Å²) in [5.74, 6) is -1.40. The van der Waals surface area contributed by atoms with E-state index in [9.17, 15) is 22.4 Å². The molecule has 0 heterocycles. The van der Waals surface area contributed by atoms with E-state index in [1.807, 2.05) is 0 Å². The third-order valence-electron chi connectivity index (χ3n) is 4.19. The molecule has 1 amide bonds. The quantitative estimate of drug-likeness (QED) is 0.505. The molecular weight excluding hydrogens is 386 g/mol. The first-order valence-corrected chi connectivity index (χ1v) is 8.67. The minimum atomic E-state index is -4.54. The normalized spacial score (nSPS) is 11.2. The smallest absolute Gasteiger partial charge is 0.419 e. The summed E-state index contributed by atoms with van der Waals surface area (Å²) >= 11 is 0. The molecule has 0 saturated heterocycles. The highest BCUT2D eigenvalue weighted by molar-refractivity contribution is 6.05. The summed E-state index contributed by atoms with van der Waals surface area (Å²) in [5, 5.41) is 2.57. The second-order valence-corrected chi connectivity index (χ2v) is 6.51. The first kappa shape index (κ1) is 20.4. The van der Waals surface area contributed by atoms with Gasteiger partial charge in [-0.25, -0.2) is 4.39 Å². The summed E-state index contributed by atoms with van der Waals surface area (Å²) in [6.07, 6.45) is -4.54. The number of alkyl halides is 3. The van der Waals surface area contributed by atoms with E-state index >= 15 is 0 Å². The average molecular weight is 403 g/mol. The first-order chi connectivity index (χ1) is 13.6. The molecule has 3 aromatic carbocycles. The van der Waals surface area contributed by atoms with Crippen molar-refractivity contribution in [2.45, 2.75) is 20.0 Å². The van der Waals surface area contributed by atoms with Gasteiger partial charge in [0.15, 0.2) is 0 Å². The van der Waals surface area contributed by atoms with E-state index in [2.05, 4.69) is 5.32 Å². The number of benzene rings is 3. The molecule has 0 aliphatic heterocycles. The largest absolute Gasteiger partial charge is 0.457 e. The number of carbonyl (C=O) groups is 1. The van der Waals surface area contributed by atoms with Gasteiger partial charge in [0, 0.05) is 5.69 Å². The SMILES string of the molecule is Cc1cc(C)c(C(=O)Nc2ccc(Oc3ccccc3C(F)(F)F)cc2)c(F)c1. The molecule has 0 bridgehead atoms. The van der Waals surface area contributed by atoms with E-state index in [4.69, 9.17) is 4.74 Å². The number of hydrogen-bond donors (Lipinski definition) is 1. The molecule has 0 aliphatic carbocycles. The fourth-order valence-electron chi connectivity index (χ4n) is 2.92. The second-order valence-electron chi connectivity index (χ2n) is 6.51. The van der Waals surface area contributed by atoms with Crippen molar-refractivity contribution in [3.63, 3.8) is 0 Å². The monoisotopic (exact) mass is 403 g/mol. The van der Waals surface area contributed by atoms with Gasteiger partial charge in [-0.3, -0.25) is 4.79 Å². The average Bonchev–Trinajstić information content (AvgIpc) is 2.62. The highest BCUT2D eigenvalue weighted by Crippen LogP contribution is 2.38. The van der Waals surface area contributed by atoms with Gasteiger partial charge in [0.1, 0.15) is 17.3 Å². The standard InChI is InChI=1S/C22H17F4NO2/c1-13-11-14(2)20(18(23)12-13)21(28)27-15-7-9-16(10-8-15)29-19-6-4-3-5-17(19)22(24,25)26/h3-12H,1-2H3,(H,27,28). The van der Waals surface area contributed by atoms with Gasteiger partial charge in [-0.1, -0.05) is 18.2 Å². The molecule has 3 aromatic rings. The van der Waals surface area contributed by atoms with Gasteiger partial charge < -0.3 is 10.1 Å². The number of carbonyl (C=O) groups excluding carboxylic acids is 1. The predicted molar refractivity (Wildman–Crippen MR) is 102 cm³/mol. The summed E-state index contributed by atoms with van der Waals surface area (Å²) < 4.78 is 58.6. The van der Waals surface area contributed by atoms with Crippen molar-refractivity contribution < 1.29 is 27.1 Å². The van der Waals surface area contributed by atoms with E-state index in [0.717, 1.165) is 6.07 Å². The Labute approximate surface area is 164 Å². The summed E-state index contributed by atoms with van der Waals surface area (Å²) in [4.78, 5) is 12.4. The molecule has 0 aromatic heterocycles. The number of aryl methyl sites for hydroxylation is 2. The molecule has 0 atom stereocenters. The van der Waals surface area contributed by atoms with Crippen LogP contribution in [0.25, 0.3) is 0 Å². The number of para-hydroxylation sites is 1. The van der Waals surface area contributed by atoms with Crippen molar-refractivity contribution >= 4 is 11.6 Å². The minimum absolute atomic E-state index is 0.0602. The summed E-state index contributed by atoms with van der Waals surface area (Å²) in [6.45, 7) is 3.37. The topological polar surface area (TPSA) is 38.3 Å². The van der Waals surface area contributed by atoms with Crippen LogP contribution in [0.15, 0.2) is 60.7 Å².